The van der Waals surface area contributed by atoms with Crippen LogP contribution in [0.4, 0.5) is 11.4 Å². The summed E-state index contributed by atoms with van der Waals surface area (Å²) in [5.41, 5.74) is 0.823. The van der Waals surface area contributed by atoms with Gasteiger partial charge in [-0.3, -0.25) is 14.9 Å². The molecule has 0 aliphatic carbocycles. The highest BCUT2D eigenvalue weighted by molar-refractivity contribution is 6.31. The normalized spacial score (nSPS) is 10.2. The van der Waals surface area contributed by atoms with Gasteiger partial charge in [0.15, 0.2) is 0 Å². The van der Waals surface area contributed by atoms with Gasteiger partial charge in [-0.05, 0) is 30.7 Å². The van der Waals surface area contributed by atoms with Crippen LogP contribution in [-0.4, -0.2) is 15.9 Å². The first-order valence-electron chi connectivity index (χ1n) is 5.93. The molecule has 2 aromatic carbocycles. The summed E-state index contributed by atoms with van der Waals surface area (Å²) >= 11 is 5.78. The monoisotopic (exact) mass is 306 g/mol. The van der Waals surface area contributed by atoms with Crippen molar-refractivity contribution >= 4 is 28.9 Å². The molecule has 2 N–H and O–H groups in total. The van der Waals surface area contributed by atoms with E-state index in [1.165, 1.54) is 36.4 Å². The van der Waals surface area contributed by atoms with E-state index in [9.17, 15) is 20.0 Å². The van der Waals surface area contributed by atoms with E-state index in [0.717, 1.165) is 0 Å². The van der Waals surface area contributed by atoms with Crippen LogP contribution >= 0.6 is 11.6 Å². The molecule has 0 aliphatic heterocycles. The first kappa shape index (κ1) is 14.8. The summed E-state index contributed by atoms with van der Waals surface area (Å²) in [6, 6.07) is 8.21. The molecule has 0 aliphatic rings. The first-order valence-corrected chi connectivity index (χ1v) is 6.31. The predicted octanol–water partition coefficient (Wildman–Crippen LogP) is 3.51. The van der Waals surface area contributed by atoms with Crippen molar-refractivity contribution < 1.29 is 14.8 Å². The van der Waals surface area contributed by atoms with Gasteiger partial charge in [0.2, 0.25) is 0 Å². The van der Waals surface area contributed by atoms with E-state index in [1.807, 2.05) is 0 Å². The van der Waals surface area contributed by atoms with Gasteiger partial charge in [0.1, 0.15) is 5.75 Å². The zero-order valence-electron chi connectivity index (χ0n) is 11.0. The summed E-state index contributed by atoms with van der Waals surface area (Å²) in [4.78, 5) is 22.3. The smallest absolute Gasteiger partial charge is 0.271 e. The number of carbonyl (C=O) groups excluding carboxylic acids is 1. The Balaban J connectivity index is 2.33. The van der Waals surface area contributed by atoms with Crippen LogP contribution in [0, 0.1) is 17.0 Å². The number of hydrogen-bond donors (Lipinski definition) is 2. The molecule has 6 nitrogen and oxygen atoms in total. The molecule has 1 amide bonds. The van der Waals surface area contributed by atoms with Gasteiger partial charge in [0, 0.05) is 17.2 Å². The van der Waals surface area contributed by atoms with Crippen molar-refractivity contribution in [2.24, 2.45) is 0 Å². The molecule has 0 radical (unpaired) electrons. The number of nitro benzene ring substituents is 1. The van der Waals surface area contributed by atoms with Crippen molar-refractivity contribution in [2.45, 2.75) is 6.92 Å². The van der Waals surface area contributed by atoms with E-state index in [4.69, 9.17) is 11.6 Å². The number of aromatic hydroxyl groups is 1. The summed E-state index contributed by atoms with van der Waals surface area (Å²) in [5.74, 6) is -0.821. The number of benzene rings is 2. The molecule has 108 valence electrons. The molecule has 7 heteroatoms. The van der Waals surface area contributed by atoms with E-state index in [-0.39, 0.29) is 17.0 Å². The molecule has 0 spiro atoms. The first-order chi connectivity index (χ1) is 9.88. The molecular formula is C14H11ClN2O4. The van der Waals surface area contributed by atoms with Crippen molar-refractivity contribution in [1.29, 1.82) is 0 Å². The molecule has 0 atom stereocenters. The summed E-state index contributed by atoms with van der Waals surface area (Å²) in [6.07, 6.45) is 0. The molecule has 0 saturated heterocycles. The van der Waals surface area contributed by atoms with E-state index in [2.05, 4.69) is 5.32 Å². The maximum absolute atomic E-state index is 12.1. The third-order valence-corrected chi connectivity index (χ3v) is 3.12. The predicted molar refractivity (Wildman–Crippen MR) is 78.9 cm³/mol. The van der Waals surface area contributed by atoms with Crippen molar-refractivity contribution in [3.05, 3.63) is 62.7 Å². The van der Waals surface area contributed by atoms with Gasteiger partial charge in [-0.2, -0.15) is 0 Å². The summed E-state index contributed by atoms with van der Waals surface area (Å²) in [7, 11) is 0. The fourth-order valence-electron chi connectivity index (χ4n) is 1.74. The minimum atomic E-state index is -0.599. The van der Waals surface area contributed by atoms with Gasteiger partial charge in [0.25, 0.3) is 11.6 Å². The Morgan fingerprint density at radius 3 is 2.67 bits per heavy atom. The van der Waals surface area contributed by atoms with Crippen LogP contribution in [0.1, 0.15) is 15.9 Å². The lowest BCUT2D eigenvalue weighted by molar-refractivity contribution is -0.384. The molecule has 0 heterocycles. The number of non-ortho nitro benzene ring substituents is 1. The average Bonchev–Trinajstić information content (AvgIpc) is 2.43. The number of nitrogens with one attached hydrogen (secondary N) is 1. The van der Waals surface area contributed by atoms with Crippen molar-refractivity contribution in [3.8, 4) is 5.75 Å². The second-order valence-corrected chi connectivity index (χ2v) is 4.81. The second kappa shape index (κ2) is 5.80. The number of anilines is 1. The number of nitro groups is 1. The van der Waals surface area contributed by atoms with Gasteiger partial charge in [-0.15, -0.1) is 0 Å². The van der Waals surface area contributed by atoms with Crippen molar-refractivity contribution in [3.63, 3.8) is 0 Å². The number of phenols is 1. The van der Waals surface area contributed by atoms with Crippen molar-refractivity contribution in [1.82, 2.24) is 0 Å². The van der Waals surface area contributed by atoms with Gasteiger partial charge in [0.05, 0.1) is 16.2 Å². The zero-order chi connectivity index (χ0) is 15.6. The number of amides is 1. The fraction of sp³-hybridized carbons (Fsp3) is 0.0714. The van der Waals surface area contributed by atoms with Crippen LogP contribution in [-0.2, 0) is 0 Å². The molecule has 2 rings (SSSR count). The fourth-order valence-corrected chi connectivity index (χ4v) is 1.91. The molecule has 0 bridgehead atoms. The highest BCUT2D eigenvalue weighted by atomic mass is 35.5. The standard InChI is InChI=1S/C14H11ClN2O4/c1-8-2-4-10(17(20)21)7-12(8)16-14(19)11-6-9(15)3-5-13(11)18/h2-7,18H,1H3,(H,16,19). The Bertz CT molecular complexity index is 731. The molecule has 0 aromatic heterocycles. The van der Waals surface area contributed by atoms with E-state index in [1.54, 1.807) is 6.92 Å². The Morgan fingerprint density at radius 1 is 1.29 bits per heavy atom. The Labute approximate surface area is 125 Å². The van der Waals surface area contributed by atoms with Crippen LogP contribution in [0.3, 0.4) is 0 Å². The Hall–Kier alpha value is -2.60. The number of carbonyl (C=O) groups is 1. The van der Waals surface area contributed by atoms with E-state index >= 15 is 0 Å². The van der Waals surface area contributed by atoms with Crippen LogP contribution in [0.2, 0.25) is 5.02 Å². The maximum atomic E-state index is 12.1. The van der Waals surface area contributed by atoms with E-state index < -0.39 is 10.8 Å². The van der Waals surface area contributed by atoms with Crippen LogP contribution < -0.4 is 5.32 Å². The third-order valence-electron chi connectivity index (χ3n) is 2.88. The zero-order valence-corrected chi connectivity index (χ0v) is 11.7. The highest BCUT2D eigenvalue weighted by Gasteiger charge is 2.15. The SMILES string of the molecule is Cc1ccc([N+](=O)[O-])cc1NC(=O)c1cc(Cl)ccc1O. The summed E-state index contributed by atoms with van der Waals surface area (Å²) in [5, 5.41) is 23.2. The van der Waals surface area contributed by atoms with Gasteiger partial charge >= 0.3 is 0 Å². The number of nitrogens with zero attached hydrogens (tertiary/aromatic N) is 1. The van der Waals surface area contributed by atoms with Crippen molar-refractivity contribution in [2.75, 3.05) is 5.32 Å². The van der Waals surface area contributed by atoms with Gasteiger partial charge in [-0.1, -0.05) is 17.7 Å². The summed E-state index contributed by atoms with van der Waals surface area (Å²) in [6.45, 7) is 1.71. The minimum absolute atomic E-state index is 0.00611. The maximum Gasteiger partial charge on any atom is 0.271 e. The average molecular weight is 307 g/mol. The lowest BCUT2D eigenvalue weighted by Crippen LogP contribution is -2.13. The largest absolute Gasteiger partial charge is 0.507 e. The Kier molecular flexibility index (Phi) is 4.09. The molecule has 21 heavy (non-hydrogen) atoms. The molecule has 0 fully saturated rings. The van der Waals surface area contributed by atoms with Crippen LogP contribution in [0.25, 0.3) is 0 Å². The molecule has 0 unspecified atom stereocenters. The molecule has 0 saturated carbocycles. The third kappa shape index (κ3) is 3.29. The number of rotatable bonds is 3. The molecule has 2 aromatic rings. The quantitative estimate of drug-likeness (QED) is 0.670. The molecular weight excluding hydrogens is 296 g/mol. The lowest BCUT2D eigenvalue weighted by Gasteiger charge is -2.09. The number of hydrogen-bond acceptors (Lipinski definition) is 4. The minimum Gasteiger partial charge on any atom is -0.507 e. The van der Waals surface area contributed by atoms with Crippen LogP contribution in [0.5, 0.6) is 5.75 Å². The lowest BCUT2D eigenvalue weighted by atomic mass is 10.1. The second-order valence-electron chi connectivity index (χ2n) is 4.37. The van der Waals surface area contributed by atoms with Crippen LogP contribution in [0.15, 0.2) is 36.4 Å². The summed E-state index contributed by atoms with van der Waals surface area (Å²) < 4.78 is 0. The highest BCUT2D eigenvalue weighted by Crippen LogP contribution is 2.25. The van der Waals surface area contributed by atoms with Gasteiger partial charge < -0.3 is 10.4 Å². The Morgan fingerprint density at radius 2 is 2.00 bits per heavy atom. The number of phenolic OH excluding ortho intramolecular Hbond substituents is 1. The van der Waals surface area contributed by atoms with Gasteiger partial charge in [-0.25, -0.2) is 0 Å². The van der Waals surface area contributed by atoms with E-state index in [0.29, 0.717) is 16.3 Å². The topological polar surface area (TPSA) is 92.5 Å². The number of aryl methyl sites for hydroxylation is 1. The number of halogens is 1.